The largest absolute Gasteiger partial charge is 0.478 e. The number of hydrogen-bond donors (Lipinski definition) is 5. The van der Waals surface area contributed by atoms with Crippen molar-refractivity contribution in [2.45, 2.75) is 17.0 Å². The Morgan fingerprint density at radius 2 is 1.91 bits per heavy atom. The summed E-state index contributed by atoms with van der Waals surface area (Å²) in [4.78, 5) is 42.9. The van der Waals surface area contributed by atoms with Gasteiger partial charge in [0.25, 0.3) is 5.91 Å². The van der Waals surface area contributed by atoms with Crippen molar-refractivity contribution in [1.29, 1.82) is 0 Å². The summed E-state index contributed by atoms with van der Waals surface area (Å²) in [6, 6.07) is 8.11. The number of anilines is 1. The van der Waals surface area contributed by atoms with E-state index >= 15 is 0 Å². The van der Waals surface area contributed by atoms with Crippen LogP contribution in [-0.2, 0) is 24.3 Å². The van der Waals surface area contributed by atoms with Crippen molar-refractivity contribution in [3.05, 3.63) is 60.7 Å². The molecular weight excluding hydrogens is 472 g/mol. The third kappa shape index (κ3) is 6.25. The number of imidazole rings is 1. The second-order valence-electron chi connectivity index (χ2n) is 6.75. The maximum atomic E-state index is 12.8. The van der Waals surface area contributed by atoms with Crippen LogP contribution >= 0.6 is 0 Å². The van der Waals surface area contributed by atoms with Crippen molar-refractivity contribution in [3.63, 3.8) is 0 Å². The number of sulfonamides is 1. The van der Waals surface area contributed by atoms with Gasteiger partial charge >= 0.3 is 5.97 Å². The highest BCUT2D eigenvalue weighted by Gasteiger charge is 2.45. The number of hydrogen-bond acceptors (Lipinski definition) is 9. The second-order valence-corrected chi connectivity index (χ2v) is 8.43. The normalized spacial score (nSPS) is 13.1. The highest BCUT2D eigenvalue weighted by atomic mass is 32.2. The summed E-state index contributed by atoms with van der Waals surface area (Å²) in [5.41, 5.74) is -2.64. The number of amides is 2. The number of rotatable bonds is 12. The molecule has 14 nitrogen and oxygen atoms in total. The molecule has 3 rings (SSSR count). The van der Waals surface area contributed by atoms with Crippen molar-refractivity contribution in [3.8, 4) is 0 Å². The van der Waals surface area contributed by atoms with Gasteiger partial charge in [-0.1, -0.05) is 23.4 Å². The molecular formula is C19H20N6O8S. The Bertz CT molecular complexity index is 1210. The van der Waals surface area contributed by atoms with Gasteiger partial charge in [0.15, 0.2) is 0 Å². The zero-order chi connectivity index (χ0) is 24.6. The van der Waals surface area contributed by atoms with Crippen LogP contribution < -0.4 is 15.4 Å². The molecule has 1 unspecified atom stereocenters. The number of nitrogens with zero attached hydrogens (tertiary/aromatic N) is 2. The Morgan fingerprint density at radius 3 is 2.53 bits per heavy atom. The van der Waals surface area contributed by atoms with E-state index in [1.54, 1.807) is 6.07 Å². The fourth-order valence-corrected chi connectivity index (χ4v) is 3.93. The summed E-state index contributed by atoms with van der Waals surface area (Å²) < 4.78 is 37.7. The Morgan fingerprint density at radius 1 is 1.15 bits per heavy atom. The van der Waals surface area contributed by atoms with Gasteiger partial charge in [-0.25, -0.2) is 18.2 Å². The van der Waals surface area contributed by atoms with Crippen LogP contribution in [0.25, 0.3) is 0 Å². The number of aromatic nitrogens is 3. The first-order chi connectivity index (χ1) is 16.2. The van der Waals surface area contributed by atoms with E-state index in [2.05, 4.69) is 25.8 Å². The fourth-order valence-electron chi connectivity index (χ4n) is 2.64. The molecule has 0 aliphatic carbocycles. The summed E-state index contributed by atoms with van der Waals surface area (Å²) in [6.07, 6.45) is 3.88. The zero-order valence-electron chi connectivity index (χ0n) is 17.4. The minimum absolute atomic E-state index is 0.208. The molecule has 5 N–H and O–H groups in total. The summed E-state index contributed by atoms with van der Waals surface area (Å²) in [7, 11) is -4.43. The molecule has 34 heavy (non-hydrogen) atoms. The van der Waals surface area contributed by atoms with E-state index in [1.165, 1.54) is 36.7 Å². The molecule has 1 aromatic carbocycles. The molecule has 15 heteroatoms. The molecule has 0 aliphatic heterocycles. The molecule has 0 bridgehead atoms. The molecule has 0 spiro atoms. The monoisotopic (exact) mass is 492 g/mol. The molecule has 2 heterocycles. The molecule has 0 saturated heterocycles. The lowest BCUT2D eigenvalue weighted by Crippen LogP contribution is -2.68. The number of carbonyl (C=O) groups excluding carboxylic acids is 2. The first kappa shape index (κ1) is 24.6. The lowest BCUT2D eigenvalue weighted by atomic mass is 10.2. The van der Waals surface area contributed by atoms with E-state index in [9.17, 15) is 27.9 Å². The van der Waals surface area contributed by atoms with E-state index in [0.29, 0.717) is 0 Å². The molecule has 3 aromatic rings. The zero-order valence-corrected chi connectivity index (χ0v) is 18.2. The number of aliphatic carboxylic acids is 1. The summed E-state index contributed by atoms with van der Waals surface area (Å²) in [5, 5.41) is 17.8. The summed E-state index contributed by atoms with van der Waals surface area (Å²) >= 11 is 0. The Balaban J connectivity index is 1.76. The lowest BCUT2D eigenvalue weighted by Gasteiger charge is -2.30. The number of ether oxygens (including phenoxy) is 1. The fraction of sp³-hybridized carbons (Fsp3) is 0.211. The van der Waals surface area contributed by atoms with Crippen LogP contribution in [0.5, 0.6) is 0 Å². The Hall–Kier alpha value is -4.08. The number of H-pyrrole nitrogens is 1. The van der Waals surface area contributed by atoms with Crippen molar-refractivity contribution < 1.29 is 37.2 Å². The van der Waals surface area contributed by atoms with Gasteiger partial charge in [0, 0.05) is 18.5 Å². The van der Waals surface area contributed by atoms with E-state index in [4.69, 9.17) is 9.26 Å². The van der Waals surface area contributed by atoms with Crippen LogP contribution in [0, 0.1) is 0 Å². The van der Waals surface area contributed by atoms with Crippen LogP contribution in [0.1, 0.15) is 17.0 Å². The van der Waals surface area contributed by atoms with Gasteiger partial charge in [-0.2, -0.15) is 4.72 Å². The molecule has 0 aliphatic rings. The molecule has 180 valence electrons. The predicted molar refractivity (Wildman–Crippen MR) is 114 cm³/mol. The number of nitrogens with one attached hydrogen (secondary N) is 4. The quantitative estimate of drug-likeness (QED) is 0.168. The van der Waals surface area contributed by atoms with Crippen molar-refractivity contribution in [2.24, 2.45) is 0 Å². The minimum atomic E-state index is -4.43. The highest BCUT2D eigenvalue weighted by Crippen LogP contribution is 2.14. The Kier molecular flexibility index (Phi) is 7.72. The molecule has 0 fully saturated rings. The maximum absolute atomic E-state index is 12.8. The van der Waals surface area contributed by atoms with Crippen LogP contribution in [-0.4, -0.2) is 65.3 Å². The van der Waals surface area contributed by atoms with Gasteiger partial charge in [0.2, 0.25) is 33.3 Å². The summed E-state index contributed by atoms with van der Waals surface area (Å²) in [5.74, 6) is -3.47. The van der Waals surface area contributed by atoms with Crippen molar-refractivity contribution >= 4 is 33.8 Å². The molecule has 1 atom stereocenters. The first-order valence-electron chi connectivity index (χ1n) is 9.64. The predicted octanol–water partition coefficient (Wildman–Crippen LogP) is -0.0677. The van der Waals surface area contributed by atoms with E-state index < -0.39 is 40.1 Å². The molecule has 2 aromatic heterocycles. The van der Waals surface area contributed by atoms with Gasteiger partial charge < -0.3 is 24.7 Å². The van der Waals surface area contributed by atoms with Gasteiger partial charge in [-0.05, 0) is 12.1 Å². The minimum Gasteiger partial charge on any atom is -0.478 e. The number of benzene rings is 1. The van der Waals surface area contributed by atoms with Gasteiger partial charge in [0.1, 0.15) is 0 Å². The van der Waals surface area contributed by atoms with E-state index in [1.807, 2.05) is 4.72 Å². The maximum Gasteiger partial charge on any atom is 0.348 e. The third-order valence-electron chi connectivity index (χ3n) is 4.26. The first-order valence-corrected chi connectivity index (χ1v) is 11.1. The topological polar surface area (TPSA) is 206 Å². The van der Waals surface area contributed by atoms with Crippen molar-refractivity contribution in [2.75, 3.05) is 18.5 Å². The van der Waals surface area contributed by atoms with Gasteiger partial charge in [-0.15, -0.1) is 0 Å². The SMILES string of the molecule is O=C(CCOCC(NC(=O)c1ccno1)(NS(=O)(=O)c1ccccc1)C(=O)O)Nc1ncc[nH]1. The second kappa shape index (κ2) is 10.7. The standard InChI is InChI=1S/C19H20N6O8S/c26-15(23-18-20-9-10-21-18)7-11-32-12-19(17(28)29,24-16(27)14-6-8-22-33-14)25-34(30,31)13-4-2-1-3-5-13/h1-6,8-10,25H,7,11-12H2,(H,24,27)(H,28,29)(H2,20,21,23,26). The van der Waals surface area contributed by atoms with Crippen LogP contribution in [0.2, 0.25) is 0 Å². The van der Waals surface area contributed by atoms with Crippen LogP contribution in [0.3, 0.4) is 0 Å². The molecule has 2 amide bonds. The average molecular weight is 492 g/mol. The number of carbonyl (C=O) groups is 3. The number of carboxylic acids is 1. The Labute approximate surface area is 192 Å². The third-order valence-corrected chi connectivity index (χ3v) is 5.77. The van der Waals surface area contributed by atoms with Gasteiger partial charge in [-0.3, -0.25) is 14.9 Å². The smallest absolute Gasteiger partial charge is 0.348 e. The molecule has 0 radical (unpaired) electrons. The van der Waals surface area contributed by atoms with E-state index in [0.717, 1.165) is 12.3 Å². The summed E-state index contributed by atoms with van der Waals surface area (Å²) in [6.45, 7) is -1.16. The average Bonchev–Trinajstić information content (AvgIpc) is 3.51. The highest BCUT2D eigenvalue weighted by molar-refractivity contribution is 7.89. The van der Waals surface area contributed by atoms with Gasteiger partial charge in [0.05, 0.1) is 30.7 Å². The number of carboxylic acid groups (broad SMARTS) is 1. The number of aromatic amines is 1. The van der Waals surface area contributed by atoms with Crippen LogP contribution in [0.4, 0.5) is 5.95 Å². The van der Waals surface area contributed by atoms with Crippen LogP contribution in [0.15, 0.2) is 64.4 Å². The van der Waals surface area contributed by atoms with Crippen molar-refractivity contribution in [1.82, 2.24) is 25.2 Å². The molecule has 0 saturated carbocycles. The lowest BCUT2D eigenvalue weighted by molar-refractivity contribution is -0.148. The van der Waals surface area contributed by atoms with E-state index in [-0.39, 0.29) is 29.6 Å².